The molecule has 0 atom stereocenters. The van der Waals surface area contributed by atoms with E-state index in [1.807, 2.05) is 31.2 Å². The van der Waals surface area contributed by atoms with E-state index in [1.54, 1.807) is 11.9 Å². The van der Waals surface area contributed by atoms with E-state index < -0.39 is 0 Å². The van der Waals surface area contributed by atoms with E-state index in [0.29, 0.717) is 5.69 Å². The van der Waals surface area contributed by atoms with Crippen LogP contribution in [0.2, 0.25) is 0 Å². The third kappa shape index (κ3) is 6.85. The predicted octanol–water partition coefficient (Wildman–Crippen LogP) is -0.272. The van der Waals surface area contributed by atoms with Gasteiger partial charge in [-0.1, -0.05) is 17.7 Å². The minimum absolute atomic E-state index is 0.0400. The lowest BCUT2D eigenvalue weighted by atomic mass is 10.2. The summed E-state index contributed by atoms with van der Waals surface area (Å²) in [5.74, 6) is -0.784. The van der Waals surface area contributed by atoms with Crippen molar-refractivity contribution in [3.8, 4) is 0 Å². The Labute approximate surface area is 130 Å². The maximum atomic E-state index is 11.9. The van der Waals surface area contributed by atoms with Crippen molar-refractivity contribution in [1.82, 2.24) is 15.5 Å². The van der Waals surface area contributed by atoms with Gasteiger partial charge in [-0.2, -0.15) is 0 Å². The third-order valence-electron chi connectivity index (χ3n) is 2.89. The van der Waals surface area contributed by atoms with E-state index in [1.165, 1.54) is 7.05 Å². The van der Waals surface area contributed by atoms with Crippen molar-refractivity contribution in [3.05, 3.63) is 29.8 Å². The Bertz CT molecular complexity index is 528. The Morgan fingerprint density at radius 3 is 2.18 bits per heavy atom. The summed E-state index contributed by atoms with van der Waals surface area (Å²) < 4.78 is 0. The summed E-state index contributed by atoms with van der Waals surface area (Å²) in [4.78, 5) is 36.0. The van der Waals surface area contributed by atoms with Crippen molar-refractivity contribution in [2.24, 2.45) is 0 Å². The molecule has 0 saturated heterocycles. The number of nitrogens with one attached hydrogen (secondary N) is 3. The van der Waals surface area contributed by atoms with E-state index in [9.17, 15) is 14.4 Å². The molecule has 0 radical (unpaired) electrons. The number of hydrogen-bond donors (Lipinski definition) is 3. The molecule has 0 aliphatic carbocycles. The standard InChI is InChI=1S/C15H22N4O3/c1-11-4-6-12(7-5-11)18-15(22)10-19(3)9-14(21)17-8-13(20)16-2/h4-7H,8-10H2,1-3H3,(H,16,20)(H,17,21)(H,18,22). The highest BCUT2D eigenvalue weighted by Gasteiger charge is 2.11. The molecule has 7 heteroatoms. The van der Waals surface area contributed by atoms with Crippen molar-refractivity contribution in [3.63, 3.8) is 0 Å². The second-order valence-electron chi connectivity index (χ2n) is 5.04. The maximum absolute atomic E-state index is 11.9. The van der Waals surface area contributed by atoms with Crippen LogP contribution >= 0.6 is 0 Å². The largest absolute Gasteiger partial charge is 0.358 e. The number of carbonyl (C=O) groups is 3. The first-order valence-electron chi connectivity index (χ1n) is 6.93. The van der Waals surface area contributed by atoms with E-state index in [4.69, 9.17) is 0 Å². The zero-order chi connectivity index (χ0) is 16.5. The molecule has 0 aliphatic heterocycles. The minimum atomic E-state index is -0.311. The molecule has 7 nitrogen and oxygen atoms in total. The summed E-state index contributed by atoms with van der Waals surface area (Å²) in [6.45, 7) is 2.02. The van der Waals surface area contributed by atoms with Gasteiger partial charge in [0.15, 0.2) is 0 Å². The topological polar surface area (TPSA) is 90.5 Å². The molecule has 1 rings (SSSR count). The monoisotopic (exact) mass is 306 g/mol. The molecule has 0 heterocycles. The zero-order valence-corrected chi connectivity index (χ0v) is 13.1. The van der Waals surface area contributed by atoms with E-state index in [2.05, 4.69) is 16.0 Å². The number of nitrogens with zero attached hydrogens (tertiary/aromatic N) is 1. The smallest absolute Gasteiger partial charge is 0.239 e. The SMILES string of the molecule is CNC(=O)CNC(=O)CN(C)CC(=O)Nc1ccc(C)cc1. The number of carbonyl (C=O) groups excluding carboxylic acids is 3. The summed E-state index contributed by atoms with van der Waals surface area (Å²) in [6.07, 6.45) is 0. The number of rotatable bonds is 7. The van der Waals surface area contributed by atoms with Gasteiger partial charge in [0.05, 0.1) is 19.6 Å². The van der Waals surface area contributed by atoms with Gasteiger partial charge in [0.25, 0.3) is 0 Å². The van der Waals surface area contributed by atoms with Crippen LogP contribution in [0.5, 0.6) is 0 Å². The van der Waals surface area contributed by atoms with Gasteiger partial charge in [-0.25, -0.2) is 0 Å². The van der Waals surface area contributed by atoms with Gasteiger partial charge in [0, 0.05) is 12.7 Å². The van der Waals surface area contributed by atoms with Gasteiger partial charge in [-0.3, -0.25) is 19.3 Å². The van der Waals surface area contributed by atoms with Gasteiger partial charge in [0.2, 0.25) is 17.7 Å². The van der Waals surface area contributed by atoms with Crippen LogP contribution < -0.4 is 16.0 Å². The molecule has 0 aliphatic rings. The van der Waals surface area contributed by atoms with Crippen LogP contribution in [-0.2, 0) is 14.4 Å². The molecule has 1 aromatic carbocycles. The zero-order valence-electron chi connectivity index (χ0n) is 13.1. The first-order chi connectivity index (χ1) is 10.4. The second-order valence-corrected chi connectivity index (χ2v) is 5.04. The number of likely N-dealkylation sites (N-methyl/N-ethyl adjacent to an activating group) is 2. The number of amides is 3. The first kappa shape index (κ1) is 17.6. The molecular formula is C15H22N4O3. The van der Waals surface area contributed by atoms with Crippen LogP contribution in [0, 0.1) is 6.92 Å². The molecule has 0 saturated carbocycles. The number of hydrogen-bond acceptors (Lipinski definition) is 4. The van der Waals surface area contributed by atoms with Crippen LogP contribution in [0.15, 0.2) is 24.3 Å². The third-order valence-corrected chi connectivity index (χ3v) is 2.89. The Kier molecular flexibility index (Phi) is 7.04. The van der Waals surface area contributed by atoms with Crippen molar-refractivity contribution in [2.75, 3.05) is 39.0 Å². The van der Waals surface area contributed by atoms with Crippen molar-refractivity contribution < 1.29 is 14.4 Å². The summed E-state index contributed by atoms with van der Waals surface area (Å²) in [5, 5.41) is 7.63. The fourth-order valence-electron chi connectivity index (χ4n) is 1.71. The molecule has 3 N–H and O–H groups in total. The lowest BCUT2D eigenvalue weighted by Gasteiger charge is -2.16. The first-order valence-corrected chi connectivity index (χ1v) is 6.93. The van der Waals surface area contributed by atoms with Gasteiger partial charge in [0.1, 0.15) is 0 Å². The molecular weight excluding hydrogens is 284 g/mol. The van der Waals surface area contributed by atoms with E-state index in [-0.39, 0.29) is 37.4 Å². The van der Waals surface area contributed by atoms with Crippen LogP contribution in [0.1, 0.15) is 5.56 Å². The van der Waals surface area contributed by atoms with E-state index >= 15 is 0 Å². The molecule has 0 fully saturated rings. The Morgan fingerprint density at radius 1 is 1.00 bits per heavy atom. The van der Waals surface area contributed by atoms with E-state index in [0.717, 1.165) is 5.56 Å². The van der Waals surface area contributed by atoms with Crippen molar-refractivity contribution >= 4 is 23.4 Å². The molecule has 3 amide bonds. The van der Waals surface area contributed by atoms with Crippen molar-refractivity contribution in [1.29, 1.82) is 0 Å². The molecule has 22 heavy (non-hydrogen) atoms. The van der Waals surface area contributed by atoms with Gasteiger partial charge in [-0.15, -0.1) is 0 Å². The molecule has 0 unspecified atom stereocenters. The average Bonchev–Trinajstić information content (AvgIpc) is 2.46. The Balaban J connectivity index is 2.33. The maximum Gasteiger partial charge on any atom is 0.239 e. The van der Waals surface area contributed by atoms with Gasteiger partial charge >= 0.3 is 0 Å². The van der Waals surface area contributed by atoms with Gasteiger partial charge in [-0.05, 0) is 26.1 Å². The normalized spacial score (nSPS) is 10.2. The summed E-state index contributed by atoms with van der Waals surface area (Å²) in [7, 11) is 3.16. The second kappa shape index (κ2) is 8.78. The number of anilines is 1. The van der Waals surface area contributed by atoms with Crippen LogP contribution in [-0.4, -0.2) is 56.4 Å². The minimum Gasteiger partial charge on any atom is -0.358 e. The molecule has 1 aromatic rings. The fraction of sp³-hybridized carbons (Fsp3) is 0.400. The summed E-state index contributed by atoms with van der Waals surface area (Å²) in [6, 6.07) is 7.46. The quantitative estimate of drug-likeness (QED) is 0.647. The lowest BCUT2D eigenvalue weighted by molar-refractivity contribution is -0.126. The Morgan fingerprint density at radius 2 is 1.59 bits per heavy atom. The van der Waals surface area contributed by atoms with Crippen LogP contribution in [0.3, 0.4) is 0 Å². The molecule has 0 bridgehead atoms. The number of benzene rings is 1. The highest BCUT2D eigenvalue weighted by atomic mass is 16.2. The highest BCUT2D eigenvalue weighted by Crippen LogP contribution is 2.08. The van der Waals surface area contributed by atoms with Crippen molar-refractivity contribution in [2.45, 2.75) is 6.92 Å². The number of aryl methyl sites for hydroxylation is 1. The van der Waals surface area contributed by atoms with Crippen LogP contribution in [0.4, 0.5) is 5.69 Å². The van der Waals surface area contributed by atoms with Crippen LogP contribution in [0.25, 0.3) is 0 Å². The summed E-state index contributed by atoms with van der Waals surface area (Å²) >= 11 is 0. The highest BCUT2D eigenvalue weighted by molar-refractivity contribution is 5.92. The fourth-order valence-corrected chi connectivity index (χ4v) is 1.71. The molecule has 0 spiro atoms. The average molecular weight is 306 g/mol. The summed E-state index contributed by atoms with van der Waals surface area (Å²) in [5.41, 5.74) is 1.83. The molecule has 120 valence electrons. The predicted molar refractivity (Wildman–Crippen MR) is 84.4 cm³/mol. The lowest BCUT2D eigenvalue weighted by Crippen LogP contribution is -2.42. The van der Waals surface area contributed by atoms with Gasteiger partial charge < -0.3 is 16.0 Å². The Hall–Kier alpha value is -2.41. The molecule has 0 aromatic heterocycles.